The number of hydrogen-bond acceptors (Lipinski definition) is 5. The molecule has 0 bridgehead atoms. The Morgan fingerprint density at radius 1 is 1.12 bits per heavy atom. The quantitative estimate of drug-likeness (QED) is 0.371. The van der Waals surface area contributed by atoms with Crippen LogP contribution in [0.2, 0.25) is 0 Å². The third-order valence-corrected chi connectivity index (χ3v) is 1.88. The molecule has 10 heteroatoms. The van der Waals surface area contributed by atoms with Crippen LogP contribution in [0.25, 0.3) is 0 Å². The number of rotatable bonds is 1. The van der Waals surface area contributed by atoms with Crippen molar-refractivity contribution in [2.45, 2.75) is 4.90 Å². The topological polar surface area (TPSA) is 138 Å². The molecule has 0 unspecified atom stereocenters. The van der Waals surface area contributed by atoms with Gasteiger partial charge in [0.15, 0.2) is 0 Å². The minimum Gasteiger partial charge on any atom is -0.756 e. The molecule has 7 nitrogen and oxygen atoms in total. The van der Waals surface area contributed by atoms with Crippen molar-refractivity contribution in [1.29, 1.82) is 0 Å². The maximum Gasteiger partial charge on any atom is 2.00 e. The van der Waals surface area contributed by atoms with E-state index < -0.39 is 17.9 Å². The Kier molecular flexibility index (Phi) is 9.14. The molecule has 2 N–H and O–H groups in total. The van der Waals surface area contributed by atoms with Crippen LogP contribution in [-0.4, -0.2) is 60.5 Å². The molecule has 0 saturated heterocycles. The van der Waals surface area contributed by atoms with E-state index in [0.717, 1.165) is 0 Å². The molecule has 16 heavy (non-hydrogen) atoms. The zero-order chi connectivity index (χ0) is 12.1. The van der Waals surface area contributed by atoms with Gasteiger partial charge in [-0.15, -0.1) is 0 Å². The van der Waals surface area contributed by atoms with Crippen LogP contribution in [0.4, 0.5) is 0 Å². The van der Waals surface area contributed by atoms with Crippen LogP contribution in [0.15, 0.2) is 35.2 Å². The Labute approximate surface area is 122 Å². The van der Waals surface area contributed by atoms with Crippen molar-refractivity contribution < 1.29 is 32.2 Å². The van der Waals surface area contributed by atoms with Crippen molar-refractivity contribution in [3.8, 4) is 0 Å². The summed E-state index contributed by atoms with van der Waals surface area (Å²) in [5, 5.41) is 0. The normalized spacial score (nSPS) is 10.8. The first-order valence-corrected chi connectivity index (χ1v) is 6.32. The third-order valence-electron chi connectivity index (χ3n) is 1.03. The van der Waals surface area contributed by atoms with Gasteiger partial charge in [-0.3, -0.25) is 4.57 Å². The Balaban J connectivity index is 0. The minimum absolute atomic E-state index is 0. The average molecular weight is 294 g/mol. The summed E-state index contributed by atoms with van der Waals surface area (Å²) in [6.07, 6.45) is 0. The molecule has 0 heterocycles. The van der Waals surface area contributed by atoms with Crippen LogP contribution >= 0.6 is 7.82 Å². The van der Waals surface area contributed by atoms with Crippen LogP contribution in [0, 0.1) is 0 Å². The monoisotopic (exact) mass is 294 g/mol. The summed E-state index contributed by atoms with van der Waals surface area (Å²) in [5.41, 5.74) is 0. The summed E-state index contributed by atoms with van der Waals surface area (Å²) in [7, 11) is -9.14. The largest absolute Gasteiger partial charge is 2.00 e. The molecule has 0 atom stereocenters. The SMILES string of the molecule is O=P([O-])(O)O.O=S(=O)([O-])c1ccccc1.[Ca+2]. The van der Waals surface area contributed by atoms with Gasteiger partial charge in [0.1, 0.15) is 10.1 Å². The average Bonchev–Trinajstić information content (AvgIpc) is 2.01. The summed E-state index contributed by atoms with van der Waals surface area (Å²) in [6, 6.07) is 7.19. The Hall–Kier alpha value is 0.500. The van der Waals surface area contributed by atoms with Crippen molar-refractivity contribution in [2.24, 2.45) is 0 Å². The first-order valence-electron chi connectivity index (χ1n) is 3.38. The van der Waals surface area contributed by atoms with Gasteiger partial charge in [0.2, 0.25) is 0 Å². The third kappa shape index (κ3) is 12.6. The second-order valence-electron chi connectivity index (χ2n) is 2.26. The fourth-order valence-corrected chi connectivity index (χ4v) is 1.08. The number of phosphoric acid groups is 1. The van der Waals surface area contributed by atoms with E-state index >= 15 is 0 Å². The minimum atomic E-state index is -4.89. The van der Waals surface area contributed by atoms with E-state index in [1.165, 1.54) is 24.3 Å². The van der Waals surface area contributed by atoms with Gasteiger partial charge in [-0.05, 0) is 12.1 Å². The van der Waals surface area contributed by atoms with Gasteiger partial charge in [-0.25, -0.2) is 8.42 Å². The Morgan fingerprint density at radius 3 is 1.62 bits per heavy atom. The predicted molar refractivity (Wildman–Crippen MR) is 52.2 cm³/mol. The second kappa shape index (κ2) is 7.75. The fourth-order valence-electron chi connectivity index (χ4n) is 0.587. The summed E-state index contributed by atoms with van der Waals surface area (Å²) < 4.78 is 39.6. The van der Waals surface area contributed by atoms with Gasteiger partial charge >= 0.3 is 37.7 Å². The molecule has 0 aromatic heterocycles. The van der Waals surface area contributed by atoms with E-state index in [9.17, 15) is 13.0 Å². The van der Waals surface area contributed by atoms with Crippen molar-refractivity contribution in [2.75, 3.05) is 0 Å². The van der Waals surface area contributed by atoms with Crippen molar-refractivity contribution in [3.05, 3.63) is 30.3 Å². The molecule has 0 aliphatic rings. The molecule has 0 amide bonds. The Morgan fingerprint density at radius 2 is 1.44 bits per heavy atom. The van der Waals surface area contributed by atoms with Gasteiger partial charge in [-0.1, -0.05) is 18.2 Å². The van der Waals surface area contributed by atoms with E-state index in [0.29, 0.717) is 0 Å². The summed E-state index contributed by atoms with van der Waals surface area (Å²) in [5.74, 6) is 0. The first kappa shape index (κ1) is 18.9. The van der Waals surface area contributed by atoms with E-state index in [1.54, 1.807) is 6.07 Å². The van der Waals surface area contributed by atoms with Crippen LogP contribution in [0.3, 0.4) is 0 Å². The summed E-state index contributed by atoms with van der Waals surface area (Å²) in [6.45, 7) is 0. The molecule has 1 rings (SSSR count). The van der Waals surface area contributed by atoms with Gasteiger partial charge in [-0.2, -0.15) is 0 Å². The van der Waals surface area contributed by atoms with Crippen LogP contribution in [0.5, 0.6) is 0 Å². The fraction of sp³-hybridized carbons (Fsp3) is 0. The van der Waals surface area contributed by atoms with E-state index in [1.807, 2.05) is 0 Å². The molecular formula is C6H7CaO7PS. The molecule has 0 aliphatic heterocycles. The van der Waals surface area contributed by atoms with Gasteiger partial charge < -0.3 is 19.2 Å². The van der Waals surface area contributed by atoms with Gasteiger partial charge in [0.25, 0.3) is 7.82 Å². The maximum atomic E-state index is 10.3. The predicted octanol–water partition coefficient (Wildman–Crippen LogP) is -1.35. The molecule has 0 aliphatic carbocycles. The van der Waals surface area contributed by atoms with Crippen molar-refractivity contribution in [3.63, 3.8) is 0 Å². The second-order valence-corrected chi connectivity index (χ2v) is 4.62. The van der Waals surface area contributed by atoms with Gasteiger partial charge in [0.05, 0.1) is 4.90 Å². The molecule has 0 spiro atoms. The first-order chi connectivity index (χ1) is 6.61. The van der Waals surface area contributed by atoms with Crippen LogP contribution in [-0.2, 0) is 14.7 Å². The van der Waals surface area contributed by atoms with Crippen LogP contribution in [0.1, 0.15) is 0 Å². The molecule has 1 aromatic carbocycles. The zero-order valence-corrected chi connectivity index (χ0v) is 11.8. The maximum absolute atomic E-state index is 10.3. The summed E-state index contributed by atoms with van der Waals surface area (Å²) >= 11 is 0. The molecular weight excluding hydrogens is 287 g/mol. The van der Waals surface area contributed by atoms with E-state index in [4.69, 9.17) is 19.2 Å². The van der Waals surface area contributed by atoms with Crippen LogP contribution < -0.4 is 4.89 Å². The number of benzene rings is 1. The van der Waals surface area contributed by atoms with E-state index in [-0.39, 0.29) is 42.6 Å². The summed E-state index contributed by atoms with van der Waals surface area (Å²) in [4.78, 5) is 22.7. The van der Waals surface area contributed by atoms with Gasteiger partial charge in [0, 0.05) is 0 Å². The molecule has 0 radical (unpaired) electrons. The molecule has 0 saturated carbocycles. The van der Waals surface area contributed by atoms with Crippen molar-refractivity contribution in [1.82, 2.24) is 0 Å². The smallest absolute Gasteiger partial charge is 0.756 e. The Bertz CT molecular complexity index is 431. The van der Waals surface area contributed by atoms with E-state index in [2.05, 4.69) is 0 Å². The number of hydrogen-bond donors (Lipinski definition) is 2. The zero-order valence-electron chi connectivity index (χ0n) is 7.88. The molecule has 0 fully saturated rings. The standard InChI is InChI=1S/C6H6O3S.Ca.H3O4P/c7-10(8,9)6-4-2-1-3-5-6;;1-5(2,3)4/h1-5H,(H,7,8,9);;(H3,1,2,3,4)/q;+2;/p-2. The van der Waals surface area contributed by atoms with Crippen molar-refractivity contribution >= 4 is 55.7 Å². The molecule has 1 aromatic rings. The molecule has 86 valence electrons.